The Kier molecular flexibility index (Phi) is 4.23. The van der Waals surface area contributed by atoms with Crippen LogP contribution >= 0.6 is 0 Å². The first-order valence-electron chi connectivity index (χ1n) is 8.65. The number of carbonyl (C=O) groups is 1. The van der Waals surface area contributed by atoms with Gasteiger partial charge in [-0.25, -0.2) is 0 Å². The first-order chi connectivity index (χ1) is 11.3. The lowest BCUT2D eigenvalue weighted by Gasteiger charge is -2.33. The summed E-state index contributed by atoms with van der Waals surface area (Å²) in [6.45, 7) is 5.92. The van der Waals surface area contributed by atoms with Gasteiger partial charge in [0.05, 0.1) is 13.2 Å². The summed E-state index contributed by atoms with van der Waals surface area (Å²) in [5.41, 5.74) is 1.05. The van der Waals surface area contributed by atoms with Crippen molar-refractivity contribution in [3.8, 4) is 5.75 Å². The van der Waals surface area contributed by atoms with Crippen molar-refractivity contribution in [3.63, 3.8) is 0 Å². The average molecular weight is 316 g/mol. The molecule has 0 N–H and O–H groups in total. The molecular weight excluding hydrogens is 292 g/mol. The van der Waals surface area contributed by atoms with Crippen LogP contribution in [-0.4, -0.2) is 67.7 Å². The van der Waals surface area contributed by atoms with Gasteiger partial charge < -0.3 is 14.4 Å². The van der Waals surface area contributed by atoms with E-state index in [1.807, 2.05) is 24.3 Å². The second-order valence-electron chi connectivity index (χ2n) is 6.64. The van der Waals surface area contributed by atoms with Gasteiger partial charge in [0.15, 0.2) is 0 Å². The van der Waals surface area contributed by atoms with E-state index in [0.29, 0.717) is 12.6 Å². The summed E-state index contributed by atoms with van der Waals surface area (Å²) in [4.78, 5) is 17.6. The van der Waals surface area contributed by atoms with Crippen LogP contribution in [0.5, 0.6) is 5.75 Å². The highest BCUT2D eigenvalue weighted by Crippen LogP contribution is 2.36. The van der Waals surface area contributed by atoms with Crippen molar-refractivity contribution < 1.29 is 14.3 Å². The molecule has 3 aliphatic rings. The fraction of sp³-hybridized carbons (Fsp3) is 0.611. The van der Waals surface area contributed by atoms with Crippen molar-refractivity contribution in [2.75, 3.05) is 46.0 Å². The summed E-state index contributed by atoms with van der Waals surface area (Å²) in [7, 11) is 0. The van der Waals surface area contributed by atoms with E-state index >= 15 is 0 Å². The Morgan fingerprint density at radius 1 is 1.17 bits per heavy atom. The van der Waals surface area contributed by atoms with E-state index in [9.17, 15) is 4.79 Å². The number of ether oxygens (including phenoxy) is 2. The van der Waals surface area contributed by atoms with E-state index in [1.54, 1.807) is 0 Å². The van der Waals surface area contributed by atoms with E-state index in [-0.39, 0.29) is 11.8 Å². The first kappa shape index (κ1) is 15.0. The Labute approximate surface area is 137 Å². The van der Waals surface area contributed by atoms with Crippen LogP contribution in [0.4, 0.5) is 0 Å². The lowest BCUT2D eigenvalue weighted by molar-refractivity contribution is -0.134. The minimum Gasteiger partial charge on any atom is -0.492 e. The van der Waals surface area contributed by atoms with Gasteiger partial charge in [0, 0.05) is 37.8 Å². The standard InChI is InChI=1S/C18H24N2O3/c21-18(16-13-23-17-6-2-1-5-15(16)17)20-7-3-4-14(20)12-19-8-10-22-11-9-19/h1-2,5-6,14,16H,3-4,7-13H2/t14-,16-/m1/s1. The van der Waals surface area contributed by atoms with Crippen molar-refractivity contribution in [1.29, 1.82) is 0 Å². The highest BCUT2D eigenvalue weighted by Gasteiger charge is 2.38. The Morgan fingerprint density at radius 3 is 2.87 bits per heavy atom. The molecule has 0 aliphatic carbocycles. The highest BCUT2D eigenvalue weighted by atomic mass is 16.5. The van der Waals surface area contributed by atoms with Gasteiger partial charge in [-0.05, 0) is 18.9 Å². The Balaban J connectivity index is 1.45. The molecule has 0 unspecified atom stereocenters. The van der Waals surface area contributed by atoms with Gasteiger partial charge in [-0.2, -0.15) is 0 Å². The van der Waals surface area contributed by atoms with E-state index < -0.39 is 0 Å². The zero-order valence-corrected chi connectivity index (χ0v) is 13.4. The van der Waals surface area contributed by atoms with E-state index in [1.165, 1.54) is 0 Å². The molecular formula is C18H24N2O3. The number of carbonyl (C=O) groups excluding carboxylic acids is 1. The smallest absolute Gasteiger partial charge is 0.234 e. The lowest BCUT2D eigenvalue weighted by Crippen LogP contribution is -2.48. The molecule has 1 aromatic carbocycles. The maximum absolute atomic E-state index is 13.1. The van der Waals surface area contributed by atoms with Crippen LogP contribution < -0.4 is 4.74 Å². The van der Waals surface area contributed by atoms with Gasteiger partial charge in [-0.1, -0.05) is 18.2 Å². The predicted octanol–water partition coefficient (Wildman–Crippen LogP) is 1.49. The van der Waals surface area contributed by atoms with Gasteiger partial charge in [0.25, 0.3) is 0 Å². The molecule has 0 saturated carbocycles. The summed E-state index contributed by atoms with van der Waals surface area (Å²) in [6.07, 6.45) is 2.22. The Morgan fingerprint density at radius 2 is 2.00 bits per heavy atom. The maximum atomic E-state index is 13.1. The van der Waals surface area contributed by atoms with Crippen LogP contribution in [0.2, 0.25) is 0 Å². The van der Waals surface area contributed by atoms with Crippen molar-refractivity contribution in [3.05, 3.63) is 29.8 Å². The first-order valence-corrected chi connectivity index (χ1v) is 8.65. The molecule has 124 valence electrons. The predicted molar refractivity (Wildman–Crippen MR) is 86.7 cm³/mol. The zero-order chi connectivity index (χ0) is 15.6. The number of nitrogens with zero attached hydrogens (tertiary/aromatic N) is 2. The Hall–Kier alpha value is -1.59. The zero-order valence-electron chi connectivity index (χ0n) is 13.4. The van der Waals surface area contributed by atoms with Crippen LogP contribution in [0.25, 0.3) is 0 Å². The summed E-state index contributed by atoms with van der Waals surface area (Å²) in [5.74, 6) is 0.983. The van der Waals surface area contributed by atoms with Gasteiger partial charge in [0.2, 0.25) is 5.91 Å². The molecule has 2 saturated heterocycles. The van der Waals surface area contributed by atoms with Crippen LogP contribution in [0.1, 0.15) is 24.3 Å². The van der Waals surface area contributed by atoms with Gasteiger partial charge >= 0.3 is 0 Å². The number of likely N-dealkylation sites (tertiary alicyclic amines) is 1. The second kappa shape index (κ2) is 6.49. The molecule has 4 rings (SSSR count). The van der Waals surface area contributed by atoms with Crippen LogP contribution in [0, 0.1) is 0 Å². The number of amides is 1. The summed E-state index contributed by atoms with van der Waals surface area (Å²) >= 11 is 0. The molecule has 0 aromatic heterocycles. The van der Waals surface area contributed by atoms with Crippen molar-refractivity contribution in [1.82, 2.24) is 9.80 Å². The number of rotatable bonds is 3. The molecule has 3 heterocycles. The monoisotopic (exact) mass is 316 g/mol. The third-order valence-corrected chi connectivity index (χ3v) is 5.23. The number of fused-ring (bicyclic) bond motifs is 1. The quantitative estimate of drug-likeness (QED) is 0.847. The number of hydrogen-bond donors (Lipinski definition) is 0. The SMILES string of the molecule is O=C([C@@H]1COc2ccccc21)N1CCC[C@@H]1CN1CCOCC1. The van der Waals surface area contributed by atoms with E-state index in [2.05, 4.69) is 9.80 Å². The largest absolute Gasteiger partial charge is 0.492 e. The molecule has 0 radical (unpaired) electrons. The van der Waals surface area contributed by atoms with Crippen molar-refractivity contribution in [2.24, 2.45) is 0 Å². The number of benzene rings is 1. The highest BCUT2D eigenvalue weighted by molar-refractivity contribution is 5.86. The molecule has 2 fully saturated rings. The number of hydrogen-bond acceptors (Lipinski definition) is 4. The molecule has 1 amide bonds. The average Bonchev–Trinajstić information content (AvgIpc) is 3.22. The maximum Gasteiger partial charge on any atom is 0.234 e. The van der Waals surface area contributed by atoms with Crippen LogP contribution in [0.3, 0.4) is 0 Å². The molecule has 2 atom stereocenters. The fourth-order valence-electron chi connectivity index (χ4n) is 3.96. The second-order valence-corrected chi connectivity index (χ2v) is 6.64. The molecule has 5 nitrogen and oxygen atoms in total. The normalized spacial score (nSPS) is 27.7. The number of para-hydroxylation sites is 1. The third-order valence-electron chi connectivity index (χ3n) is 5.23. The minimum absolute atomic E-state index is 0.128. The topological polar surface area (TPSA) is 42.0 Å². The minimum atomic E-state index is -0.128. The van der Waals surface area contributed by atoms with Crippen LogP contribution in [0.15, 0.2) is 24.3 Å². The van der Waals surface area contributed by atoms with Crippen LogP contribution in [-0.2, 0) is 9.53 Å². The van der Waals surface area contributed by atoms with E-state index in [4.69, 9.17) is 9.47 Å². The summed E-state index contributed by atoms with van der Waals surface area (Å²) in [5, 5.41) is 0. The van der Waals surface area contributed by atoms with Gasteiger partial charge in [-0.3, -0.25) is 9.69 Å². The van der Waals surface area contributed by atoms with Crippen molar-refractivity contribution >= 4 is 5.91 Å². The fourth-order valence-corrected chi connectivity index (χ4v) is 3.96. The molecule has 5 heteroatoms. The molecule has 1 aromatic rings. The van der Waals surface area contributed by atoms with Crippen molar-refractivity contribution in [2.45, 2.75) is 24.8 Å². The molecule has 3 aliphatic heterocycles. The lowest BCUT2D eigenvalue weighted by atomic mass is 9.99. The van der Waals surface area contributed by atoms with Gasteiger partial charge in [0.1, 0.15) is 18.3 Å². The number of morpholine rings is 1. The summed E-state index contributed by atoms with van der Waals surface area (Å²) < 4.78 is 11.1. The Bertz CT molecular complexity index is 571. The molecule has 0 spiro atoms. The van der Waals surface area contributed by atoms with E-state index in [0.717, 1.165) is 63.5 Å². The third kappa shape index (κ3) is 2.95. The molecule has 0 bridgehead atoms. The van der Waals surface area contributed by atoms with Gasteiger partial charge in [-0.15, -0.1) is 0 Å². The summed E-state index contributed by atoms with van der Waals surface area (Å²) in [6, 6.07) is 8.27. The molecule has 23 heavy (non-hydrogen) atoms.